The van der Waals surface area contributed by atoms with Gasteiger partial charge in [-0.2, -0.15) is 0 Å². The number of hydrogen-bond donors (Lipinski definition) is 2. The second-order valence-corrected chi connectivity index (χ2v) is 1.25. The summed E-state index contributed by atoms with van der Waals surface area (Å²) in [7, 11) is 1.46. The Morgan fingerprint density at radius 3 is 2.38 bits per heavy atom. The molecular weight excluding hydrogens is 106 g/mol. The smallest absolute Gasteiger partial charge is 0.285 e. The Hall–Kier alpha value is -0.990. The Morgan fingerprint density at radius 1 is 1.75 bits per heavy atom. The van der Waals surface area contributed by atoms with Crippen molar-refractivity contribution in [1.82, 2.24) is 5.32 Å². The summed E-state index contributed by atoms with van der Waals surface area (Å²) in [6.07, 6.45) is 1.33. The largest absolute Gasteiger partial charge is 0.503 e. The maximum atomic E-state index is 10.3. The predicted octanol–water partition coefficient (Wildman–Crippen LogP) is 0.194. The lowest BCUT2D eigenvalue weighted by Gasteiger charge is -1.93. The summed E-state index contributed by atoms with van der Waals surface area (Å²) in [5, 5.41) is 10.8. The zero-order valence-corrected chi connectivity index (χ0v) is 4.93. The molecule has 0 rings (SSSR count). The van der Waals surface area contributed by atoms with E-state index in [9.17, 15) is 4.79 Å². The quantitative estimate of drug-likeness (QED) is 0.378. The Kier molecular flexibility index (Phi) is 2.69. The SMILES string of the molecule is C/C=C(\O)C(=O)NC. The van der Waals surface area contributed by atoms with E-state index in [0.717, 1.165) is 0 Å². The third kappa shape index (κ3) is 1.64. The van der Waals surface area contributed by atoms with Crippen molar-refractivity contribution in [2.75, 3.05) is 7.05 Å². The van der Waals surface area contributed by atoms with Crippen LogP contribution in [0, 0.1) is 0 Å². The van der Waals surface area contributed by atoms with E-state index in [2.05, 4.69) is 5.32 Å². The van der Waals surface area contributed by atoms with Gasteiger partial charge in [-0.05, 0) is 13.0 Å². The maximum Gasteiger partial charge on any atom is 0.285 e. The molecule has 3 nitrogen and oxygen atoms in total. The minimum atomic E-state index is -0.451. The second-order valence-electron chi connectivity index (χ2n) is 1.25. The van der Waals surface area contributed by atoms with Gasteiger partial charge in [0, 0.05) is 7.05 Å². The number of nitrogens with one attached hydrogen (secondary N) is 1. The van der Waals surface area contributed by atoms with Crippen molar-refractivity contribution in [2.24, 2.45) is 0 Å². The number of carbonyl (C=O) groups excluding carboxylic acids is 1. The molecule has 0 aliphatic heterocycles. The van der Waals surface area contributed by atoms with Crippen LogP contribution >= 0.6 is 0 Å². The molecule has 0 spiro atoms. The summed E-state index contributed by atoms with van der Waals surface area (Å²) in [5.74, 6) is -0.694. The number of aliphatic hydroxyl groups excluding tert-OH is 1. The van der Waals surface area contributed by atoms with Crippen LogP contribution in [0.15, 0.2) is 11.8 Å². The van der Waals surface area contributed by atoms with Crippen LogP contribution in [-0.4, -0.2) is 18.1 Å². The zero-order valence-electron chi connectivity index (χ0n) is 4.93. The van der Waals surface area contributed by atoms with E-state index in [1.807, 2.05) is 0 Å². The fraction of sp³-hybridized carbons (Fsp3) is 0.400. The van der Waals surface area contributed by atoms with Crippen LogP contribution in [0.5, 0.6) is 0 Å². The summed E-state index contributed by atoms with van der Waals surface area (Å²) < 4.78 is 0. The third-order valence-electron chi connectivity index (χ3n) is 0.733. The summed E-state index contributed by atoms with van der Waals surface area (Å²) in [6.45, 7) is 1.59. The van der Waals surface area contributed by atoms with E-state index >= 15 is 0 Å². The number of amides is 1. The molecule has 3 heteroatoms. The molecule has 0 unspecified atom stereocenters. The predicted molar refractivity (Wildman–Crippen MR) is 30.5 cm³/mol. The Bertz CT molecular complexity index is 118. The maximum absolute atomic E-state index is 10.3. The molecule has 0 bridgehead atoms. The highest BCUT2D eigenvalue weighted by atomic mass is 16.3. The van der Waals surface area contributed by atoms with E-state index in [4.69, 9.17) is 5.11 Å². The van der Waals surface area contributed by atoms with Crippen molar-refractivity contribution in [3.8, 4) is 0 Å². The van der Waals surface area contributed by atoms with Crippen molar-refractivity contribution in [3.63, 3.8) is 0 Å². The van der Waals surface area contributed by atoms with Crippen molar-refractivity contribution < 1.29 is 9.90 Å². The Labute approximate surface area is 48.0 Å². The number of allylic oxidation sites excluding steroid dienone is 1. The Morgan fingerprint density at radius 2 is 2.25 bits per heavy atom. The van der Waals surface area contributed by atoms with Crippen LogP contribution in [0.25, 0.3) is 0 Å². The van der Waals surface area contributed by atoms with Crippen molar-refractivity contribution >= 4 is 5.91 Å². The molecule has 0 radical (unpaired) electrons. The first-order chi connectivity index (χ1) is 3.72. The molecule has 0 fully saturated rings. The van der Waals surface area contributed by atoms with Crippen molar-refractivity contribution in [1.29, 1.82) is 0 Å². The molecule has 2 N–H and O–H groups in total. The zero-order chi connectivity index (χ0) is 6.57. The van der Waals surface area contributed by atoms with Crippen LogP contribution in [0.3, 0.4) is 0 Å². The molecule has 8 heavy (non-hydrogen) atoms. The van der Waals surface area contributed by atoms with Gasteiger partial charge in [0.25, 0.3) is 5.91 Å². The van der Waals surface area contributed by atoms with Gasteiger partial charge >= 0.3 is 0 Å². The lowest BCUT2D eigenvalue weighted by Crippen LogP contribution is -2.19. The van der Waals surface area contributed by atoms with E-state index in [1.165, 1.54) is 13.1 Å². The van der Waals surface area contributed by atoms with E-state index < -0.39 is 5.91 Å². The molecule has 0 atom stereocenters. The van der Waals surface area contributed by atoms with E-state index in [1.54, 1.807) is 6.92 Å². The summed E-state index contributed by atoms with van der Waals surface area (Å²) in [5.41, 5.74) is 0. The molecule has 0 saturated carbocycles. The fourth-order valence-corrected chi connectivity index (χ4v) is 0.259. The minimum Gasteiger partial charge on any atom is -0.503 e. The molecular formula is C5H9NO2. The highest BCUT2D eigenvalue weighted by Crippen LogP contribution is 1.83. The Balaban J connectivity index is 3.83. The van der Waals surface area contributed by atoms with Gasteiger partial charge in [-0.15, -0.1) is 0 Å². The number of likely N-dealkylation sites (N-methyl/N-ethyl adjacent to an activating group) is 1. The molecule has 1 amide bonds. The van der Waals surface area contributed by atoms with Gasteiger partial charge in [-0.3, -0.25) is 4.79 Å². The van der Waals surface area contributed by atoms with E-state index in [-0.39, 0.29) is 5.76 Å². The molecule has 0 aliphatic rings. The van der Waals surface area contributed by atoms with Crippen LogP contribution in [0.4, 0.5) is 0 Å². The molecule has 46 valence electrons. The standard InChI is InChI=1S/C5H9NO2/c1-3-4(7)5(8)6-2/h3,7H,1-2H3,(H,6,8)/b4-3-. The van der Waals surface area contributed by atoms with E-state index in [0.29, 0.717) is 0 Å². The van der Waals surface area contributed by atoms with Crippen molar-refractivity contribution in [2.45, 2.75) is 6.92 Å². The first-order valence-corrected chi connectivity index (χ1v) is 2.29. The lowest BCUT2D eigenvalue weighted by atomic mass is 10.4. The fourth-order valence-electron chi connectivity index (χ4n) is 0.259. The van der Waals surface area contributed by atoms with Gasteiger partial charge in [0.15, 0.2) is 5.76 Å². The first-order valence-electron chi connectivity index (χ1n) is 2.29. The number of rotatable bonds is 1. The molecule has 0 aliphatic carbocycles. The topological polar surface area (TPSA) is 49.3 Å². The average molecular weight is 115 g/mol. The summed E-state index contributed by atoms with van der Waals surface area (Å²) >= 11 is 0. The highest BCUT2D eigenvalue weighted by Gasteiger charge is 1.99. The lowest BCUT2D eigenvalue weighted by molar-refractivity contribution is -0.119. The first kappa shape index (κ1) is 7.01. The molecule has 0 aromatic rings. The monoisotopic (exact) mass is 115 g/mol. The van der Waals surface area contributed by atoms with Crippen LogP contribution < -0.4 is 5.32 Å². The van der Waals surface area contributed by atoms with Gasteiger partial charge < -0.3 is 10.4 Å². The van der Waals surface area contributed by atoms with Gasteiger partial charge in [0.05, 0.1) is 0 Å². The number of hydrogen-bond acceptors (Lipinski definition) is 2. The van der Waals surface area contributed by atoms with Gasteiger partial charge in [-0.1, -0.05) is 0 Å². The average Bonchev–Trinajstić information content (AvgIpc) is 1.84. The molecule has 0 heterocycles. The molecule has 0 aromatic carbocycles. The molecule has 0 aromatic heterocycles. The van der Waals surface area contributed by atoms with Gasteiger partial charge in [-0.25, -0.2) is 0 Å². The molecule has 0 saturated heterocycles. The summed E-state index contributed by atoms with van der Waals surface area (Å²) in [6, 6.07) is 0. The van der Waals surface area contributed by atoms with Gasteiger partial charge in [0.1, 0.15) is 0 Å². The second kappa shape index (κ2) is 3.07. The van der Waals surface area contributed by atoms with Gasteiger partial charge in [0.2, 0.25) is 0 Å². The highest BCUT2D eigenvalue weighted by molar-refractivity contribution is 5.90. The van der Waals surface area contributed by atoms with Crippen molar-refractivity contribution in [3.05, 3.63) is 11.8 Å². The number of carbonyl (C=O) groups is 1. The van der Waals surface area contributed by atoms with Crippen LogP contribution in [-0.2, 0) is 4.79 Å². The third-order valence-corrected chi connectivity index (χ3v) is 0.733. The summed E-state index contributed by atoms with van der Waals surface area (Å²) in [4.78, 5) is 10.3. The number of aliphatic hydroxyl groups is 1. The van der Waals surface area contributed by atoms with Crippen LogP contribution in [0.2, 0.25) is 0 Å². The normalized spacial score (nSPS) is 11.0. The minimum absolute atomic E-state index is 0.243. The van der Waals surface area contributed by atoms with Crippen LogP contribution in [0.1, 0.15) is 6.92 Å².